The molecule has 29 heavy (non-hydrogen) atoms. The van der Waals surface area contributed by atoms with E-state index in [1.165, 1.54) is 45.1 Å². The lowest BCUT2D eigenvalue weighted by Gasteiger charge is -2.18. The summed E-state index contributed by atoms with van der Waals surface area (Å²) in [5.74, 6) is 0. The van der Waals surface area contributed by atoms with Crippen LogP contribution >= 0.6 is 0 Å². The molecule has 0 bridgehead atoms. The third-order valence-corrected chi connectivity index (χ3v) is 6.81. The molecule has 0 amide bonds. The highest BCUT2D eigenvalue weighted by molar-refractivity contribution is 8.12. The van der Waals surface area contributed by atoms with E-state index in [-0.39, 0.29) is 0 Å². The first-order chi connectivity index (χ1) is 13.0. The van der Waals surface area contributed by atoms with Crippen molar-refractivity contribution in [3.63, 3.8) is 0 Å². The van der Waals surface area contributed by atoms with Crippen LogP contribution in [0.5, 0.6) is 0 Å². The maximum atomic E-state index is 11.5. The molecule has 0 N–H and O–H groups in total. The van der Waals surface area contributed by atoms with E-state index < -0.39 is 35.8 Å². The van der Waals surface area contributed by atoms with Gasteiger partial charge in [0, 0.05) is 0 Å². The molecule has 0 atom stereocenters. The number of alkyl halides is 6. The number of aryl methyl sites for hydroxylation is 2. The number of hydrogen-bond donors (Lipinski definition) is 0. The van der Waals surface area contributed by atoms with Gasteiger partial charge in [0.15, 0.2) is 0 Å². The Kier molecular flexibility index (Phi) is 10.7. The number of unbranched alkanes of at least 4 members (excludes halogenated alkanes) is 5. The zero-order chi connectivity index (χ0) is 22.9. The van der Waals surface area contributed by atoms with Gasteiger partial charge in [-0.05, 0) is 12.8 Å². The van der Waals surface area contributed by atoms with Gasteiger partial charge in [-0.1, -0.05) is 37.7 Å². The van der Waals surface area contributed by atoms with Crippen molar-refractivity contribution in [1.29, 1.82) is 0 Å². The minimum Gasteiger partial charge on any atom is -0.253 e. The molecular weight excluding hydrogens is 450 g/mol. The Bertz CT molecular complexity index is 773. The summed E-state index contributed by atoms with van der Waals surface area (Å²) in [6.45, 7) is 3.44. The lowest BCUT2D eigenvalue weighted by Crippen LogP contribution is -2.32. The molecule has 1 aromatic heterocycles. The summed E-state index contributed by atoms with van der Waals surface area (Å²) in [6.07, 6.45) is 14.6. The van der Waals surface area contributed by atoms with Crippen LogP contribution < -0.4 is 4.57 Å². The zero-order valence-corrected chi connectivity index (χ0v) is 17.5. The van der Waals surface area contributed by atoms with Gasteiger partial charge in [0.05, 0.1) is 13.6 Å². The molecule has 1 heterocycles. The number of nitrogens with zero attached hydrogens (tertiary/aromatic N) is 2. The minimum absolute atomic E-state index is 1.17. The fourth-order valence-corrected chi connectivity index (χ4v) is 4.19. The van der Waals surface area contributed by atoms with Gasteiger partial charge >= 0.3 is 11.0 Å². The quantitative estimate of drug-likeness (QED) is 0.237. The molecular formula is C15H24F6N2O4S2. The summed E-state index contributed by atoms with van der Waals surface area (Å²) >= 11 is 0. The Hall–Kier alpha value is -1.31. The van der Waals surface area contributed by atoms with Crippen LogP contribution in [0.1, 0.15) is 45.4 Å². The molecule has 0 unspecified atom stereocenters. The van der Waals surface area contributed by atoms with Crippen molar-refractivity contribution in [2.75, 3.05) is 0 Å². The summed E-state index contributed by atoms with van der Waals surface area (Å²) in [4.78, 5) is 0. The predicted octanol–water partition coefficient (Wildman–Crippen LogP) is 3.65. The number of hydrogen-bond acceptors (Lipinski definition) is 4. The summed E-state index contributed by atoms with van der Waals surface area (Å²) in [5, 5.41) is -1.76. The molecule has 0 saturated heterocycles. The van der Waals surface area contributed by atoms with Gasteiger partial charge in [-0.25, -0.2) is 9.13 Å². The average Bonchev–Trinajstić information content (AvgIpc) is 2.93. The van der Waals surface area contributed by atoms with E-state index in [0.717, 1.165) is 0 Å². The van der Waals surface area contributed by atoms with Crippen molar-refractivity contribution in [3.8, 4) is 0 Å². The molecule has 0 spiro atoms. The third-order valence-electron chi connectivity index (χ3n) is 3.49. The second-order valence-electron chi connectivity index (χ2n) is 6.16. The van der Waals surface area contributed by atoms with E-state index in [1.54, 1.807) is 0 Å². The normalized spacial score (nSPS) is 13.1. The lowest BCUT2D eigenvalue weighted by atomic mass is 10.1. The Morgan fingerprint density at radius 2 is 1.31 bits per heavy atom. The number of aromatic nitrogens is 2. The van der Waals surface area contributed by atoms with Crippen molar-refractivity contribution in [1.82, 2.24) is 4.57 Å². The van der Waals surface area contributed by atoms with Crippen LogP contribution in [0.4, 0.5) is 26.3 Å². The summed E-state index contributed by atoms with van der Waals surface area (Å²) in [5.41, 5.74) is -12.2. The van der Waals surface area contributed by atoms with Crippen LogP contribution in [0.2, 0.25) is 0 Å². The molecule has 0 aliphatic carbocycles. The Labute approximate surface area is 166 Å². The van der Waals surface area contributed by atoms with Crippen LogP contribution in [0.3, 0.4) is 0 Å². The van der Waals surface area contributed by atoms with Gasteiger partial charge in [0.1, 0.15) is 32.1 Å². The smallest absolute Gasteiger partial charge is 0.253 e. The van der Waals surface area contributed by atoms with E-state index >= 15 is 0 Å². The Morgan fingerprint density at radius 1 is 0.862 bits per heavy atom. The maximum Gasteiger partial charge on any atom is 0.469 e. The molecule has 0 fully saturated rings. The highest BCUT2D eigenvalue weighted by Gasteiger charge is 2.47. The van der Waals surface area contributed by atoms with E-state index in [4.69, 9.17) is 0 Å². The van der Waals surface area contributed by atoms with Crippen LogP contribution in [0.15, 0.2) is 18.7 Å². The first kappa shape index (κ1) is 27.7. The van der Waals surface area contributed by atoms with Gasteiger partial charge < -0.3 is 0 Å². The molecule has 0 aliphatic rings. The Balaban J connectivity index is 0.000000541. The lowest BCUT2D eigenvalue weighted by molar-refractivity contribution is -0.671. The highest BCUT2D eigenvalue weighted by Crippen LogP contribution is 2.33. The Morgan fingerprint density at radius 3 is 1.69 bits per heavy atom. The second-order valence-corrected chi connectivity index (χ2v) is 10.0. The van der Waals surface area contributed by atoms with Crippen molar-refractivity contribution in [2.45, 2.75) is 63.0 Å². The SMILES string of the molecule is CCCCCCCCn1cc[n+](C)c1.O=S(=O)([CH-]S(=O)(=O)C(F)(F)F)C(F)(F)F. The van der Waals surface area contributed by atoms with Gasteiger partial charge in [0.25, 0.3) is 0 Å². The predicted molar refractivity (Wildman–Crippen MR) is 93.2 cm³/mol. The highest BCUT2D eigenvalue weighted by atomic mass is 32.3. The molecule has 6 nitrogen and oxygen atoms in total. The number of halogens is 6. The van der Waals surface area contributed by atoms with Crippen LogP contribution in [-0.2, 0) is 33.3 Å². The molecule has 1 aromatic rings. The maximum absolute atomic E-state index is 11.5. The summed E-state index contributed by atoms with van der Waals surface area (Å²) < 4.78 is 114. The molecule has 0 aliphatic heterocycles. The van der Waals surface area contributed by atoms with Crippen molar-refractivity contribution in [2.24, 2.45) is 7.05 Å². The van der Waals surface area contributed by atoms with E-state index in [0.29, 0.717) is 0 Å². The molecule has 172 valence electrons. The minimum atomic E-state index is -6.47. The molecule has 14 heteroatoms. The van der Waals surface area contributed by atoms with Gasteiger partial charge in [0.2, 0.25) is 6.33 Å². The van der Waals surface area contributed by atoms with Crippen LogP contribution in [0.25, 0.3) is 0 Å². The first-order valence-corrected chi connectivity index (χ1v) is 11.6. The van der Waals surface area contributed by atoms with Crippen molar-refractivity contribution < 1.29 is 47.7 Å². The fraction of sp³-hybridized carbons (Fsp3) is 0.733. The topological polar surface area (TPSA) is 77.1 Å². The van der Waals surface area contributed by atoms with Gasteiger partial charge in [-0.15, -0.1) is 0 Å². The average molecular weight is 474 g/mol. The second kappa shape index (κ2) is 11.2. The number of rotatable bonds is 9. The fourth-order valence-electron chi connectivity index (χ4n) is 1.98. The third kappa shape index (κ3) is 10.3. The standard InChI is InChI=1S/C12H23N2.C3HF6O4S2/c1-3-4-5-6-7-8-9-14-11-10-13(2)12-14;4-2(5,6)14(10,11)1-15(12,13)3(7,8)9/h10-12H,3-9H2,1-2H3;1H/q+1;-1. The van der Waals surface area contributed by atoms with Crippen LogP contribution in [-0.4, -0.2) is 32.4 Å². The summed E-state index contributed by atoms with van der Waals surface area (Å²) in [6, 6.07) is 0. The number of sulfone groups is 2. The van der Waals surface area contributed by atoms with E-state index in [2.05, 4.69) is 41.8 Å². The monoisotopic (exact) mass is 474 g/mol. The molecule has 0 aromatic carbocycles. The largest absolute Gasteiger partial charge is 0.469 e. The van der Waals surface area contributed by atoms with Crippen LogP contribution in [0, 0.1) is 5.08 Å². The van der Waals surface area contributed by atoms with Gasteiger partial charge in [-0.3, -0.25) is 16.8 Å². The van der Waals surface area contributed by atoms with Gasteiger partial charge in [-0.2, -0.15) is 26.3 Å². The molecule has 0 radical (unpaired) electrons. The first-order valence-electron chi connectivity index (χ1n) is 8.52. The molecule has 0 saturated carbocycles. The van der Waals surface area contributed by atoms with E-state index in [9.17, 15) is 43.2 Å². The molecule has 1 rings (SSSR count). The zero-order valence-electron chi connectivity index (χ0n) is 15.9. The van der Waals surface area contributed by atoms with Crippen molar-refractivity contribution >= 4 is 19.7 Å². The van der Waals surface area contributed by atoms with Crippen molar-refractivity contribution in [3.05, 3.63) is 23.8 Å². The number of imidazole rings is 1. The van der Waals surface area contributed by atoms with E-state index in [1.807, 2.05) is 0 Å². The summed E-state index contributed by atoms with van der Waals surface area (Å²) in [7, 11) is -10.9.